The van der Waals surface area contributed by atoms with Crippen molar-refractivity contribution in [3.8, 4) is 5.75 Å². The molecule has 1 fully saturated rings. The molecule has 0 spiro atoms. The highest BCUT2D eigenvalue weighted by molar-refractivity contribution is 6.01. The lowest BCUT2D eigenvalue weighted by molar-refractivity contribution is -0.140. The maximum atomic E-state index is 10.5. The number of aliphatic imine (C=N–C) groups is 1. The summed E-state index contributed by atoms with van der Waals surface area (Å²) >= 11 is 0. The molecule has 0 bridgehead atoms. The zero-order chi connectivity index (χ0) is 12.1. The number of nitrogens with zero attached hydrogens (tertiary/aromatic N) is 1. The summed E-state index contributed by atoms with van der Waals surface area (Å²) in [5, 5.41) is 10.5. The van der Waals surface area contributed by atoms with Crippen molar-refractivity contribution < 1.29 is 14.6 Å². The van der Waals surface area contributed by atoms with E-state index >= 15 is 0 Å². The minimum absolute atomic E-state index is 0.406. The van der Waals surface area contributed by atoms with Gasteiger partial charge in [-0.15, -0.1) is 0 Å². The average Bonchev–Trinajstić information content (AvgIpc) is 2.26. The number of aliphatic hydroxyl groups is 1. The molecule has 1 aromatic rings. The highest BCUT2D eigenvalue weighted by Crippen LogP contribution is 2.41. The zero-order valence-corrected chi connectivity index (χ0v) is 9.93. The molecule has 0 amide bonds. The summed E-state index contributed by atoms with van der Waals surface area (Å²) in [6, 6.07) is 7.45. The summed E-state index contributed by atoms with van der Waals surface area (Å²) in [5.74, 6) is -0.702. The highest BCUT2D eigenvalue weighted by Gasteiger charge is 2.50. The quantitative estimate of drug-likeness (QED) is 0.746. The van der Waals surface area contributed by atoms with Gasteiger partial charge in [0.1, 0.15) is 22.7 Å². The molecule has 1 atom stereocenters. The Morgan fingerprint density at radius 2 is 2.06 bits per heavy atom. The van der Waals surface area contributed by atoms with E-state index in [4.69, 9.17) is 9.47 Å². The van der Waals surface area contributed by atoms with Gasteiger partial charge < -0.3 is 14.6 Å². The molecule has 4 heteroatoms. The molecule has 90 valence electrons. The van der Waals surface area contributed by atoms with E-state index < -0.39 is 11.4 Å². The predicted octanol–water partition coefficient (Wildman–Crippen LogP) is 2.04. The van der Waals surface area contributed by atoms with Gasteiger partial charge >= 0.3 is 0 Å². The van der Waals surface area contributed by atoms with Gasteiger partial charge in [0.05, 0.1) is 6.61 Å². The smallest absolute Gasteiger partial charge is 0.253 e. The molecule has 17 heavy (non-hydrogen) atoms. The van der Waals surface area contributed by atoms with Crippen molar-refractivity contribution in [2.75, 3.05) is 6.61 Å². The summed E-state index contributed by atoms with van der Waals surface area (Å²) in [6.45, 7) is 4.26. The third-order valence-electron chi connectivity index (χ3n) is 3.22. The van der Waals surface area contributed by atoms with Crippen LogP contribution in [0, 0.1) is 0 Å². The predicted molar refractivity (Wildman–Crippen MR) is 63.8 cm³/mol. The number of hydrogen-bond acceptors (Lipinski definition) is 4. The van der Waals surface area contributed by atoms with Crippen LogP contribution in [0.15, 0.2) is 29.3 Å². The van der Waals surface area contributed by atoms with Crippen molar-refractivity contribution in [1.29, 1.82) is 0 Å². The summed E-state index contributed by atoms with van der Waals surface area (Å²) < 4.78 is 11.3. The van der Waals surface area contributed by atoms with Gasteiger partial charge in [-0.1, -0.05) is 12.1 Å². The molecule has 2 aliphatic rings. The van der Waals surface area contributed by atoms with Crippen LogP contribution in [-0.2, 0) is 4.74 Å². The van der Waals surface area contributed by atoms with Gasteiger partial charge in [-0.2, -0.15) is 0 Å². The topological polar surface area (TPSA) is 51.0 Å². The van der Waals surface area contributed by atoms with E-state index in [2.05, 4.69) is 4.99 Å². The molecule has 1 aromatic carbocycles. The van der Waals surface area contributed by atoms with E-state index in [-0.39, 0.29) is 0 Å². The first kappa shape index (κ1) is 10.7. The van der Waals surface area contributed by atoms with Crippen molar-refractivity contribution >= 4 is 11.4 Å². The molecule has 0 aromatic heterocycles. The Hall–Kier alpha value is -1.39. The van der Waals surface area contributed by atoms with Gasteiger partial charge in [-0.05, 0) is 26.0 Å². The Labute approximate surface area is 99.9 Å². The normalized spacial score (nSPS) is 29.7. The first-order valence-electron chi connectivity index (χ1n) is 5.75. The van der Waals surface area contributed by atoms with Crippen LogP contribution in [0.2, 0.25) is 0 Å². The Kier molecular flexibility index (Phi) is 2.09. The van der Waals surface area contributed by atoms with E-state index in [1.807, 2.05) is 38.1 Å². The molecule has 0 unspecified atom stereocenters. The molecule has 0 radical (unpaired) electrons. The number of ether oxygens (including phenoxy) is 2. The number of para-hydroxylation sites is 2. The second-order valence-electron chi connectivity index (χ2n) is 4.92. The van der Waals surface area contributed by atoms with Gasteiger partial charge in [0.2, 0.25) is 0 Å². The zero-order valence-electron chi connectivity index (χ0n) is 9.93. The monoisotopic (exact) mass is 233 g/mol. The summed E-state index contributed by atoms with van der Waals surface area (Å²) in [5.41, 5.74) is 0.696. The fraction of sp³-hybridized carbons (Fsp3) is 0.462. The maximum absolute atomic E-state index is 10.5. The van der Waals surface area contributed by atoms with E-state index in [0.717, 1.165) is 5.69 Å². The van der Waals surface area contributed by atoms with Crippen LogP contribution >= 0.6 is 0 Å². The van der Waals surface area contributed by atoms with Gasteiger partial charge in [0.25, 0.3) is 5.79 Å². The molecule has 0 saturated carbocycles. The number of benzene rings is 1. The van der Waals surface area contributed by atoms with Crippen LogP contribution < -0.4 is 4.74 Å². The lowest BCUT2D eigenvalue weighted by atomic mass is 9.89. The lowest BCUT2D eigenvalue weighted by Gasteiger charge is -2.44. The number of rotatable bonds is 0. The molecule has 1 N–H and O–H groups in total. The van der Waals surface area contributed by atoms with Crippen LogP contribution in [0.25, 0.3) is 0 Å². The van der Waals surface area contributed by atoms with Crippen LogP contribution in [0.5, 0.6) is 5.75 Å². The number of fused-ring (bicyclic) bond motifs is 2. The molecule has 3 rings (SSSR count). The molecule has 2 heterocycles. The average molecular weight is 233 g/mol. The van der Waals surface area contributed by atoms with E-state index in [0.29, 0.717) is 24.5 Å². The Bertz CT molecular complexity index is 495. The SMILES string of the molecule is CC1(C)OCC[C@]2(O)Oc3ccccc3N=C12. The fourth-order valence-electron chi connectivity index (χ4n) is 2.36. The Morgan fingerprint density at radius 3 is 2.88 bits per heavy atom. The first-order chi connectivity index (χ1) is 8.01. The van der Waals surface area contributed by atoms with E-state index in [1.54, 1.807) is 0 Å². The summed E-state index contributed by atoms with van der Waals surface area (Å²) in [7, 11) is 0. The Morgan fingerprint density at radius 1 is 1.29 bits per heavy atom. The van der Waals surface area contributed by atoms with E-state index in [9.17, 15) is 5.11 Å². The third-order valence-corrected chi connectivity index (χ3v) is 3.22. The van der Waals surface area contributed by atoms with Crippen molar-refractivity contribution in [1.82, 2.24) is 0 Å². The highest BCUT2D eigenvalue weighted by atomic mass is 16.6. The fourth-order valence-corrected chi connectivity index (χ4v) is 2.36. The van der Waals surface area contributed by atoms with Crippen LogP contribution in [0.3, 0.4) is 0 Å². The van der Waals surface area contributed by atoms with Crippen LogP contribution in [-0.4, -0.2) is 28.8 Å². The van der Waals surface area contributed by atoms with Gasteiger partial charge in [-0.25, -0.2) is 4.99 Å². The van der Waals surface area contributed by atoms with Gasteiger partial charge in [0.15, 0.2) is 0 Å². The lowest BCUT2D eigenvalue weighted by Crippen LogP contribution is -2.60. The molecule has 2 aliphatic heterocycles. The molecule has 1 saturated heterocycles. The molecule has 0 aliphatic carbocycles. The third kappa shape index (κ3) is 1.56. The van der Waals surface area contributed by atoms with Crippen LogP contribution in [0.4, 0.5) is 5.69 Å². The van der Waals surface area contributed by atoms with Gasteiger partial charge in [0, 0.05) is 6.42 Å². The minimum atomic E-state index is -1.32. The molecule has 4 nitrogen and oxygen atoms in total. The molecular weight excluding hydrogens is 218 g/mol. The minimum Gasteiger partial charge on any atom is -0.454 e. The van der Waals surface area contributed by atoms with Crippen LogP contribution in [0.1, 0.15) is 20.3 Å². The summed E-state index contributed by atoms with van der Waals surface area (Å²) in [6.07, 6.45) is 0.406. The standard InChI is InChI=1S/C13H15NO3/c1-12(2)11-13(15,7-8-16-12)17-10-6-4-3-5-9(10)14-11/h3-6,15H,7-8H2,1-2H3/t13-/m0/s1. The summed E-state index contributed by atoms with van der Waals surface area (Å²) in [4.78, 5) is 4.51. The van der Waals surface area contributed by atoms with Crippen molar-refractivity contribution in [2.45, 2.75) is 31.7 Å². The van der Waals surface area contributed by atoms with Crippen molar-refractivity contribution in [2.24, 2.45) is 4.99 Å². The second-order valence-corrected chi connectivity index (χ2v) is 4.92. The van der Waals surface area contributed by atoms with Gasteiger partial charge in [-0.3, -0.25) is 0 Å². The molecular formula is C13H15NO3. The van der Waals surface area contributed by atoms with Crippen molar-refractivity contribution in [3.63, 3.8) is 0 Å². The van der Waals surface area contributed by atoms with E-state index in [1.165, 1.54) is 0 Å². The Balaban J connectivity index is 2.16. The van der Waals surface area contributed by atoms with Crippen molar-refractivity contribution in [3.05, 3.63) is 24.3 Å². The maximum Gasteiger partial charge on any atom is 0.253 e. The number of hydrogen-bond donors (Lipinski definition) is 1. The first-order valence-corrected chi connectivity index (χ1v) is 5.75. The second kappa shape index (κ2) is 3.31. The largest absolute Gasteiger partial charge is 0.454 e.